The van der Waals surface area contributed by atoms with Crippen molar-refractivity contribution in [1.82, 2.24) is 0 Å². The van der Waals surface area contributed by atoms with Crippen LogP contribution in [0.1, 0.15) is 31.2 Å². The molecule has 0 unspecified atom stereocenters. The minimum absolute atomic E-state index is 0.895. The lowest BCUT2D eigenvalue weighted by Gasteiger charge is -2.05. The Kier molecular flexibility index (Phi) is 4.87. The Hall–Kier alpha value is -1.52. The third-order valence-electron chi connectivity index (χ3n) is 3.01. The van der Waals surface area contributed by atoms with Gasteiger partial charge < -0.3 is 5.32 Å². The zero-order valence-electron chi connectivity index (χ0n) is 10.3. The van der Waals surface area contributed by atoms with Crippen molar-refractivity contribution < 1.29 is 5.32 Å². The fraction of sp³-hybridized carbons (Fsp3) is 0.375. The van der Waals surface area contributed by atoms with Gasteiger partial charge in [-0.1, -0.05) is 42.3 Å². The maximum Gasteiger partial charge on any atom is 0.138 e. The van der Waals surface area contributed by atoms with Crippen LogP contribution < -0.4 is 5.32 Å². The molecule has 0 saturated heterocycles. The van der Waals surface area contributed by atoms with E-state index in [1.165, 1.54) is 36.8 Å². The van der Waals surface area contributed by atoms with Gasteiger partial charge in [0.25, 0.3) is 0 Å². The minimum atomic E-state index is 0.895. The molecule has 0 bridgehead atoms. The van der Waals surface area contributed by atoms with Crippen LogP contribution in [-0.2, 0) is 6.54 Å². The molecule has 0 aliphatic heterocycles. The second-order valence-corrected chi connectivity index (χ2v) is 4.46. The Morgan fingerprint density at radius 2 is 2.00 bits per heavy atom. The summed E-state index contributed by atoms with van der Waals surface area (Å²) in [6.07, 6.45) is 7.36. The zero-order valence-corrected chi connectivity index (χ0v) is 10.3. The molecule has 2 N–H and O–H groups in total. The maximum atomic E-state index is 3.29. The highest BCUT2D eigenvalue weighted by Crippen LogP contribution is 2.15. The third kappa shape index (κ3) is 4.46. The molecule has 0 amide bonds. The summed E-state index contributed by atoms with van der Waals surface area (Å²) in [6, 6.07) is 10.5. The van der Waals surface area contributed by atoms with Crippen LogP contribution in [0.25, 0.3) is 0 Å². The van der Waals surface area contributed by atoms with E-state index in [2.05, 4.69) is 53.6 Å². The van der Waals surface area contributed by atoms with E-state index in [9.17, 15) is 0 Å². The molecular weight excluding hydrogens is 206 g/mol. The van der Waals surface area contributed by atoms with E-state index in [4.69, 9.17) is 0 Å². The molecule has 0 spiro atoms. The molecule has 1 aromatic carbocycles. The van der Waals surface area contributed by atoms with E-state index in [0.29, 0.717) is 0 Å². The second kappa shape index (κ2) is 6.93. The third-order valence-corrected chi connectivity index (χ3v) is 3.01. The predicted octanol–water partition coefficient (Wildman–Crippen LogP) is 2.25. The summed E-state index contributed by atoms with van der Waals surface area (Å²) in [5, 5.41) is 2.26. The van der Waals surface area contributed by atoms with E-state index in [0.717, 1.165) is 13.1 Å². The lowest BCUT2D eigenvalue weighted by molar-refractivity contribution is -0.660. The van der Waals surface area contributed by atoms with Gasteiger partial charge in [0.2, 0.25) is 0 Å². The Morgan fingerprint density at radius 3 is 2.76 bits per heavy atom. The van der Waals surface area contributed by atoms with E-state index < -0.39 is 0 Å². The number of quaternary nitrogens is 1. The molecule has 1 nitrogen and oxygen atoms in total. The van der Waals surface area contributed by atoms with Gasteiger partial charge in [-0.2, -0.15) is 0 Å². The molecule has 1 aromatic rings. The van der Waals surface area contributed by atoms with Crippen LogP contribution >= 0.6 is 0 Å². The molecule has 88 valence electrons. The second-order valence-electron chi connectivity index (χ2n) is 4.46. The molecule has 1 heteroatoms. The monoisotopic (exact) mass is 226 g/mol. The van der Waals surface area contributed by atoms with Crippen LogP contribution in [0.4, 0.5) is 0 Å². The normalized spacial score (nSPS) is 14.7. The number of nitrogens with two attached hydrogens (primary N) is 1. The van der Waals surface area contributed by atoms with Crippen molar-refractivity contribution in [3.05, 3.63) is 47.5 Å². The zero-order chi connectivity index (χ0) is 11.8. The number of hydrogen-bond acceptors (Lipinski definition) is 0. The summed E-state index contributed by atoms with van der Waals surface area (Å²) in [5.41, 5.74) is 2.72. The van der Waals surface area contributed by atoms with E-state index in [1.54, 1.807) is 0 Å². The highest BCUT2D eigenvalue weighted by molar-refractivity contribution is 5.29. The maximum absolute atomic E-state index is 3.29. The molecule has 17 heavy (non-hydrogen) atoms. The van der Waals surface area contributed by atoms with Gasteiger partial charge in [-0.25, -0.2) is 0 Å². The van der Waals surface area contributed by atoms with Crippen LogP contribution in [0.15, 0.2) is 42.0 Å². The summed E-state index contributed by atoms with van der Waals surface area (Å²) in [5.74, 6) is 6.54. The molecular formula is C16H20N+. The highest BCUT2D eigenvalue weighted by Gasteiger charge is 1.99. The van der Waals surface area contributed by atoms with E-state index in [1.807, 2.05) is 0 Å². The summed E-state index contributed by atoms with van der Waals surface area (Å²) < 4.78 is 0. The van der Waals surface area contributed by atoms with Gasteiger partial charge in [0.1, 0.15) is 13.1 Å². The quantitative estimate of drug-likeness (QED) is 0.601. The van der Waals surface area contributed by atoms with Crippen LogP contribution in [0, 0.1) is 11.8 Å². The number of hydrogen-bond donors (Lipinski definition) is 1. The van der Waals surface area contributed by atoms with Crippen LogP contribution in [0.5, 0.6) is 0 Å². The van der Waals surface area contributed by atoms with Gasteiger partial charge in [-0.05, 0) is 37.2 Å². The Labute approximate surface area is 104 Å². The first-order chi connectivity index (χ1) is 8.45. The summed E-state index contributed by atoms with van der Waals surface area (Å²) in [6.45, 7) is 1.92. The molecule has 0 fully saturated rings. The first-order valence-electron chi connectivity index (χ1n) is 6.48. The molecule has 0 radical (unpaired) electrons. The lowest BCUT2D eigenvalue weighted by Crippen LogP contribution is -2.82. The first-order valence-corrected chi connectivity index (χ1v) is 6.48. The van der Waals surface area contributed by atoms with Crippen LogP contribution in [-0.4, -0.2) is 6.54 Å². The largest absolute Gasteiger partial charge is 0.332 e. The van der Waals surface area contributed by atoms with Crippen LogP contribution in [0.2, 0.25) is 0 Å². The standard InChI is InChI=1S/C16H19N/c1-3-8-15(9-4-1)12-7-13-17-14-16-10-5-2-6-11-16/h2,5-6,8,10-11,17H,1,3-4,9,13-14H2/p+1. The van der Waals surface area contributed by atoms with Gasteiger partial charge in [0.05, 0.1) is 0 Å². The fourth-order valence-electron chi connectivity index (χ4n) is 2.04. The molecule has 0 heterocycles. The Bertz CT molecular complexity index is 420. The SMILES string of the molecule is C(#CC1=CCCCC1)C[NH2+]Cc1ccccc1. The summed E-state index contributed by atoms with van der Waals surface area (Å²) in [4.78, 5) is 0. The number of allylic oxidation sites excluding steroid dienone is 2. The van der Waals surface area contributed by atoms with Crippen molar-refractivity contribution in [3.8, 4) is 11.8 Å². The van der Waals surface area contributed by atoms with Crippen molar-refractivity contribution in [2.45, 2.75) is 32.2 Å². The van der Waals surface area contributed by atoms with E-state index >= 15 is 0 Å². The average molecular weight is 226 g/mol. The molecule has 0 aromatic heterocycles. The molecule has 2 rings (SSSR count). The van der Waals surface area contributed by atoms with Crippen molar-refractivity contribution >= 4 is 0 Å². The van der Waals surface area contributed by atoms with Crippen molar-refractivity contribution in [2.24, 2.45) is 0 Å². The van der Waals surface area contributed by atoms with E-state index in [-0.39, 0.29) is 0 Å². The fourth-order valence-corrected chi connectivity index (χ4v) is 2.04. The molecule has 1 aliphatic carbocycles. The first kappa shape index (κ1) is 12.0. The number of benzene rings is 1. The Morgan fingerprint density at radius 1 is 1.12 bits per heavy atom. The Balaban J connectivity index is 1.69. The molecule has 0 atom stereocenters. The smallest absolute Gasteiger partial charge is 0.138 e. The number of rotatable bonds is 3. The van der Waals surface area contributed by atoms with Gasteiger partial charge in [-0.15, -0.1) is 0 Å². The average Bonchev–Trinajstić information content (AvgIpc) is 2.41. The van der Waals surface area contributed by atoms with Gasteiger partial charge >= 0.3 is 0 Å². The lowest BCUT2D eigenvalue weighted by atomic mass is 10.0. The van der Waals surface area contributed by atoms with Crippen molar-refractivity contribution in [3.63, 3.8) is 0 Å². The van der Waals surface area contributed by atoms with Gasteiger partial charge in [0, 0.05) is 5.56 Å². The topological polar surface area (TPSA) is 16.6 Å². The summed E-state index contributed by atoms with van der Waals surface area (Å²) in [7, 11) is 0. The van der Waals surface area contributed by atoms with Crippen molar-refractivity contribution in [1.29, 1.82) is 0 Å². The predicted molar refractivity (Wildman–Crippen MR) is 71.3 cm³/mol. The molecule has 1 aliphatic rings. The highest BCUT2D eigenvalue weighted by atomic mass is 14.8. The molecule has 0 saturated carbocycles. The van der Waals surface area contributed by atoms with Crippen molar-refractivity contribution in [2.75, 3.05) is 6.54 Å². The van der Waals surface area contributed by atoms with Crippen LogP contribution in [0.3, 0.4) is 0 Å². The van der Waals surface area contributed by atoms with Gasteiger partial charge in [-0.3, -0.25) is 0 Å². The summed E-state index contributed by atoms with van der Waals surface area (Å²) >= 11 is 0. The van der Waals surface area contributed by atoms with Gasteiger partial charge in [0.15, 0.2) is 0 Å². The minimum Gasteiger partial charge on any atom is -0.332 e.